The number of ether oxygens (including phenoxy) is 1. The molecule has 166 valence electrons. The number of para-hydroxylation sites is 2. The molecule has 1 heterocycles. The summed E-state index contributed by atoms with van der Waals surface area (Å²) in [6, 6.07) is 19.5. The van der Waals surface area contributed by atoms with Gasteiger partial charge in [0.1, 0.15) is 6.61 Å². The van der Waals surface area contributed by atoms with Crippen LogP contribution in [0.3, 0.4) is 0 Å². The summed E-state index contributed by atoms with van der Waals surface area (Å²) in [7, 11) is -3.46. The highest BCUT2D eigenvalue weighted by Gasteiger charge is 2.31. The van der Waals surface area contributed by atoms with Crippen molar-refractivity contribution in [1.82, 2.24) is 0 Å². The van der Waals surface area contributed by atoms with Gasteiger partial charge in [-0.05, 0) is 29.8 Å². The molecule has 0 N–H and O–H groups in total. The first-order chi connectivity index (χ1) is 15.3. The van der Waals surface area contributed by atoms with E-state index in [1.807, 2.05) is 30.3 Å². The molecule has 0 aliphatic carbocycles. The number of halogens is 2. The number of carbonyl (C=O) groups excluding carboxylic acids is 1. The molecule has 0 radical (unpaired) electrons. The number of fused-ring (bicyclic) bond motifs is 1. The maximum atomic E-state index is 13.3. The first-order valence-electron chi connectivity index (χ1n) is 9.80. The second-order valence-electron chi connectivity index (χ2n) is 7.32. The number of amides is 1. The molecule has 1 aliphatic rings. The Labute approximate surface area is 197 Å². The SMILES string of the molecule is CS(=O)(=O)N1CCN(C(=O)c2cc(Cl)c(OCc3ccccc3)c(Cl)c2)c2ccccc21. The average Bonchev–Trinajstić information content (AvgIpc) is 2.77. The molecule has 3 aromatic carbocycles. The molecule has 9 heteroatoms. The molecule has 1 amide bonds. The van der Waals surface area contributed by atoms with Crippen LogP contribution in [0.15, 0.2) is 66.7 Å². The minimum Gasteiger partial charge on any atom is -0.486 e. The fraction of sp³-hybridized carbons (Fsp3) is 0.174. The van der Waals surface area contributed by atoms with Gasteiger partial charge in [0.25, 0.3) is 5.91 Å². The summed E-state index contributed by atoms with van der Waals surface area (Å²) in [5.41, 5.74) is 2.20. The van der Waals surface area contributed by atoms with Gasteiger partial charge in [-0.1, -0.05) is 65.7 Å². The molecule has 3 aromatic rings. The first-order valence-corrected chi connectivity index (χ1v) is 12.4. The highest BCUT2D eigenvalue weighted by molar-refractivity contribution is 7.92. The van der Waals surface area contributed by atoms with Gasteiger partial charge in [0.05, 0.1) is 34.2 Å². The Morgan fingerprint density at radius 2 is 1.53 bits per heavy atom. The summed E-state index contributed by atoms with van der Waals surface area (Å²) in [6.07, 6.45) is 1.15. The summed E-state index contributed by atoms with van der Waals surface area (Å²) in [5.74, 6) is -0.0277. The van der Waals surface area contributed by atoms with Gasteiger partial charge in [-0.3, -0.25) is 9.10 Å². The van der Waals surface area contributed by atoms with Gasteiger partial charge in [0.15, 0.2) is 5.75 Å². The zero-order valence-electron chi connectivity index (χ0n) is 17.2. The maximum Gasteiger partial charge on any atom is 0.258 e. The van der Waals surface area contributed by atoms with Gasteiger partial charge in [0, 0.05) is 12.1 Å². The Morgan fingerprint density at radius 3 is 2.16 bits per heavy atom. The monoisotopic (exact) mass is 490 g/mol. The molecule has 6 nitrogen and oxygen atoms in total. The van der Waals surface area contributed by atoms with Gasteiger partial charge in [-0.25, -0.2) is 8.42 Å². The molecule has 0 saturated carbocycles. The van der Waals surface area contributed by atoms with Crippen LogP contribution in [0.2, 0.25) is 10.0 Å². The van der Waals surface area contributed by atoms with Crippen LogP contribution in [-0.4, -0.2) is 33.7 Å². The van der Waals surface area contributed by atoms with E-state index in [-0.39, 0.29) is 41.2 Å². The highest BCUT2D eigenvalue weighted by atomic mass is 35.5. The Bertz CT molecular complexity index is 1240. The smallest absolute Gasteiger partial charge is 0.258 e. The van der Waals surface area contributed by atoms with Crippen LogP contribution in [-0.2, 0) is 16.6 Å². The molecular formula is C23H20Cl2N2O4S. The van der Waals surface area contributed by atoms with Crippen LogP contribution in [0.25, 0.3) is 0 Å². The molecule has 0 atom stereocenters. The minimum atomic E-state index is -3.46. The molecule has 0 spiro atoms. The van der Waals surface area contributed by atoms with Crippen molar-refractivity contribution in [3.8, 4) is 5.75 Å². The number of sulfonamides is 1. The largest absolute Gasteiger partial charge is 0.486 e. The van der Waals surface area contributed by atoms with Gasteiger partial charge in [0.2, 0.25) is 10.0 Å². The van der Waals surface area contributed by atoms with Gasteiger partial charge in [-0.15, -0.1) is 0 Å². The van der Waals surface area contributed by atoms with E-state index in [0.29, 0.717) is 17.1 Å². The van der Waals surface area contributed by atoms with Gasteiger partial charge in [-0.2, -0.15) is 0 Å². The zero-order valence-corrected chi connectivity index (χ0v) is 19.5. The number of rotatable bonds is 5. The number of hydrogen-bond donors (Lipinski definition) is 0. The maximum absolute atomic E-state index is 13.3. The molecule has 0 saturated heterocycles. The first kappa shape index (κ1) is 22.5. The third-order valence-electron chi connectivity index (χ3n) is 5.08. The Balaban J connectivity index is 1.61. The highest BCUT2D eigenvalue weighted by Crippen LogP contribution is 2.38. The van der Waals surface area contributed by atoms with Crippen molar-refractivity contribution in [1.29, 1.82) is 0 Å². The summed E-state index contributed by atoms with van der Waals surface area (Å²) in [6.45, 7) is 0.639. The molecule has 1 aliphatic heterocycles. The minimum absolute atomic E-state index is 0.154. The lowest BCUT2D eigenvalue weighted by Crippen LogP contribution is -2.46. The van der Waals surface area contributed by atoms with Crippen molar-refractivity contribution in [3.63, 3.8) is 0 Å². The Hall–Kier alpha value is -2.74. The molecular weight excluding hydrogens is 471 g/mol. The Morgan fingerprint density at radius 1 is 0.938 bits per heavy atom. The van der Waals surface area contributed by atoms with Crippen molar-refractivity contribution >= 4 is 50.5 Å². The number of benzene rings is 3. The second-order valence-corrected chi connectivity index (χ2v) is 10.0. The average molecular weight is 491 g/mol. The molecule has 4 rings (SSSR count). The fourth-order valence-corrected chi connectivity index (χ4v) is 5.12. The van der Waals surface area contributed by atoms with E-state index < -0.39 is 10.0 Å². The molecule has 0 unspecified atom stereocenters. The van der Waals surface area contributed by atoms with Crippen LogP contribution < -0.4 is 13.9 Å². The van der Waals surface area contributed by atoms with E-state index in [1.165, 1.54) is 21.3 Å². The van der Waals surface area contributed by atoms with E-state index in [9.17, 15) is 13.2 Å². The standard InChI is InChI=1S/C23H20Cl2N2O4S/c1-32(29,30)27-12-11-26(20-9-5-6-10-21(20)27)23(28)17-13-18(24)22(19(25)14-17)31-15-16-7-3-2-4-8-16/h2-10,13-14H,11-12,15H2,1H3. The molecule has 0 aromatic heterocycles. The summed E-state index contributed by atoms with van der Waals surface area (Å²) >= 11 is 12.8. The third-order valence-corrected chi connectivity index (χ3v) is 6.83. The number of hydrogen-bond acceptors (Lipinski definition) is 4. The van der Waals surface area contributed by atoms with Gasteiger partial charge < -0.3 is 9.64 Å². The third kappa shape index (κ3) is 4.55. The lowest BCUT2D eigenvalue weighted by atomic mass is 10.1. The van der Waals surface area contributed by atoms with Crippen molar-refractivity contribution in [2.75, 3.05) is 28.6 Å². The molecule has 32 heavy (non-hydrogen) atoms. The predicted molar refractivity (Wildman–Crippen MR) is 128 cm³/mol. The van der Waals surface area contributed by atoms with E-state index in [2.05, 4.69) is 0 Å². The summed E-state index contributed by atoms with van der Waals surface area (Å²) in [4.78, 5) is 14.8. The van der Waals surface area contributed by atoms with E-state index in [0.717, 1.165) is 11.8 Å². The predicted octanol–water partition coefficient (Wildman–Crippen LogP) is 5.00. The number of anilines is 2. The van der Waals surface area contributed by atoms with Crippen LogP contribution in [0.4, 0.5) is 11.4 Å². The van der Waals surface area contributed by atoms with Crippen molar-refractivity contribution < 1.29 is 17.9 Å². The Kier molecular flexibility index (Phi) is 6.33. The van der Waals surface area contributed by atoms with Crippen molar-refractivity contribution in [2.45, 2.75) is 6.61 Å². The summed E-state index contributed by atoms with van der Waals surface area (Å²) < 4.78 is 31.4. The van der Waals surface area contributed by atoms with Crippen LogP contribution in [0.1, 0.15) is 15.9 Å². The molecule has 0 bridgehead atoms. The van der Waals surface area contributed by atoms with E-state index in [4.69, 9.17) is 27.9 Å². The summed E-state index contributed by atoms with van der Waals surface area (Å²) in [5, 5.41) is 0.444. The van der Waals surface area contributed by atoms with Crippen LogP contribution >= 0.6 is 23.2 Å². The van der Waals surface area contributed by atoms with Crippen LogP contribution in [0, 0.1) is 0 Å². The normalized spacial score (nSPS) is 13.6. The number of nitrogens with zero attached hydrogens (tertiary/aromatic N) is 2. The topological polar surface area (TPSA) is 66.9 Å². The van der Waals surface area contributed by atoms with Crippen molar-refractivity contribution in [3.05, 3.63) is 87.9 Å². The fourth-order valence-electron chi connectivity index (χ4n) is 3.60. The second kappa shape index (κ2) is 9.02. The number of carbonyl (C=O) groups is 1. The van der Waals surface area contributed by atoms with Gasteiger partial charge >= 0.3 is 0 Å². The van der Waals surface area contributed by atoms with Crippen molar-refractivity contribution in [2.24, 2.45) is 0 Å². The lowest BCUT2D eigenvalue weighted by molar-refractivity contribution is 0.0987. The van der Waals surface area contributed by atoms with E-state index >= 15 is 0 Å². The zero-order chi connectivity index (χ0) is 22.9. The van der Waals surface area contributed by atoms with E-state index in [1.54, 1.807) is 24.3 Å². The lowest BCUT2D eigenvalue weighted by Gasteiger charge is -2.36. The van der Waals surface area contributed by atoms with Crippen LogP contribution in [0.5, 0.6) is 5.75 Å². The quantitative estimate of drug-likeness (QED) is 0.504. The molecule has 0 fully saturated rings.